The number of carbonyl (C=O) groups is 1. The molecule has 2 aliphatic rings. The van der Waals surface area contributed by atoms with Gasteiger partial charge in [0.25, 0.3) is 0 Å². The minimum atomic E-state index is -0.0891. The average molecular weight is 330 g/mol. The van der Waals surface area contributed by atoms with Gasteiger partial charge in [-0.1, -0.05) is 13.0 Å². The lowest BCUT2D eigenvalue weighted by Crippen LogP contribution is -2.48. The van der Waals surface area contributed by atoms with E-state index in [0.29, 0.717) is 0 Å². The van der Waals surface area contributed by atoms with Crippen molar-refractivity contribution in [3.8, 4) is 0 Å². The van der Waals surface area contributed by atoms with Crippen LogP contribution in [0, 0.1) is 0 Å². The highest BCUT2D eigenvalue weighted by molar-refractivity contribution is 5.90. The second-order valence-electron chi connectivity index (χ2n) is 6.93. The van der Waals surface area contributed by atoms with Crippen molar-refractivity contribution >= 4 is 17.4 Å². The number of amides is 2. The zero-order valence-corrected chi connectivity index (χ0v) is 14.8. The summed E-state index contributed by atoms with van der Waals surface area (Å²) in [7, 11) is 0. The number of hydrogen-bond acceptors (Lipinski definition) is 3. The van der Waals surface area contributed by atoms with Crippen LogP contribution in [0.4, 0.5) is 16.2 Å². The molecule has 2 saturated heterocycles. The molecule has 24 heavy (non-hydrogen) atoms. The topological polar surface area (TPSA) is 47.6 Å². The molecular weight excluding hydrogens is 300 g/mol. The summed E-state index contributed by atoms with van der Waals surface area (Å²) in [5, 5.41) is 6.13. The molecule has 2 N–H and O–H groups in total. The number of benzene rings is 1. The van der Waals surface area contributed by atoms with Crippen LogP contribution in [0.2, 0.25) is 0 Å². The maximum atomic E-state index is 12.3. The second-order valence-corrected chi connectivity index (χ2v) is 6.93. The molecule has 1 atom stereocenters. The molecule has 5 heteroatoms. The smallest absolute Gasteiger partial charge is 0.319 e. The van der Waals surface area contributed by atoms with Gasteiger partial charge in [-0.3, -0.25) is 0 Å². The summed E-state index contributed by atoms with van der Waals surface area (Å²) in [6, 6.07) is 8.38. The molecule has 2 fully saturated rings. The Hall–Kier alpha value is -1.75. The van der Waals surface area contributed by atoms with Crippen LogP contribution in [0.5, 0.6) is 0 Å². The molecule has 0 bridgehead atoms. The SMILES string of the molecule is CCN1CCC[C@@H](NC(=O)Nc2cccc(N3CCCCC3)c2)C1. The van der Waals surface area contributed by atoms with Gasteiger partial charge in [0.15, 0.2) is 0 Å². The predicted octanol–water partition coefficient (Wildman–Crippen LogP) is 3.28. The first-order chi connectivity index (χ1) is 11.7. The number of hydrogen-bond donors (Lipinski definition) is 2. The number of likely N-dealkylation sites (tertiary alicyclic amines) is 1. The quantitative estimate of drug-likeness (QED) is 0.891. The standard InChI is InChI=1S/C19H30N4O/c1-2-22-11-7-9-17(15-22)21-19(24)20-16-8-6-10-18(14-16)23-12-4-3-5-13-23/h6,8,10,14,17H,2-5,7,9,11-13,15H2,1H3,(H2,20,21,24)/t17-/m1/s1. The first-order valence-corrected chi connectivity index (χ1v) is 9.39. The maximum Gasteiger partial charge on any atom is 0.319 e. The highest BCUT2D eigenvalue weighted by Gasteiger charge is 2.20. The van der Waals surface area contributed by atoms with Gasteiger partial charge in [0.1, 0.15) is 0 Å². The van der Waals surface area contributed by atoms with E-state index in [9.17, 15) is 4.79 Å². The van der Waals surface area contributed by atoms with E-state index in [1.165, 1.54) is 24.9 Å². The number of rotatable bonds is 4. The number of piperidine rings is 2. The molecule has 0 spiro atoms. The molecule has 0 aliphatic carbocycles. The molecule has 0 radical (unpaired) electrons. The highest BCUT2D eigenvalue weighted by Crippen LogP contribution is 2.23. The molecule has 0 aromatic heterocycles. The average Bonchev–Trinajstić information content (AvgIpc) is 2.63. The molecule has 5 nitrogen and oxygen atoms in total. The van der Waals surface area contributed by atoms with Crippen LogP contribution >= 0.6 is 0 Å². The number of carbonyl (C=O) groups excluding carboxylic acids is 1. The summed E-state index contributed by atoms with van der Waals surface area (Å²) in [6.07, 6.45) is 6.06. The zero-order chi connectivity index (χ0) is 16.8. The summed E-state index contributed by atoms with van der Waals surface area (Å²) in [6.45, 7) is 7.56. The lowest BCUT2D eigenvalue weighted by molar-refractivity contribution is 0.196. The molecule has 0 unspecified atom stereocenters. The van der Waals surface area contributed by atoms with Crippen LogP contribution in [0.15, 0.2) is 24.3 Å². The summed E-state index contributed by atoms with van der Waals surface area (Å²) in [4.78, 5) is 17.1. The van der Waals surface area contributed by atoms with Gasteiger partial charge < -0.3 is 20.4 Å². The number of nitrogens with zero attached hydrogens (tertiary/aromatic N) is 2. The fraction of sp³-hybridized carbons (Fsp3) is 0.632. The Morgan fingerprint density at radius 1 is 1.17 bits per heavy atom. The summed E-state index contributed by atoms with van der Waals surface area (Å²) in [5.74, 6) is 0. The minimum absolute atomic E-state index is 0.0891. The van der Waals surface area contributed by atoms with Crippen LogP contribution in [0.1, 0.15) is 39.0 Å². The molecule has 2 heterocycles. The van der Waals surface area contributed by atoms with Crippen molar-refractivity contribution in [3.63, 3.8) is 0 Å². The van der Waals surface area contributed by atoms with Crippen molar-refractivity contribution < 1.29 is 4.79 Å². The van der Waals surface area contributed by atoms with E-state index in [-0.39, 0.29) is 12.1 Å². The number of nitrogens with one attached hydrogen (secondary N) is 2. The van der Waals surface area contributed by atoms with Crippen molar-refractivity contribution in [1.82, 2.24) is 10.2 Å². The van der Waals surface area contributed by atoms with E-state index in [4.69, 9.17) is 0 Å². The molecule has 3 rings (SSSR count). The van der Waals surface area contributed by atoms with Gasteiger partial charge in [-0.15, -0.1) is 0 Å². The molecule has 1 aromatic carbocycles. The Morgan fingerprint density at radius 2 is 2.00 bits per heavy atom. The number of urea groups is 1. The Balaban J connectivity index is 1.54. The Bertz CT molecular complexity index is 542. The van der Waals surface area contributed by atoms with Gasteiger partial charge >= 0.3 is 6.03 Å². The van der Waals surface area contributed by atoms with E-state index in [1.807, 2.05) is 12.1 Å². The van der Waals surface area contributed by atoms with Crippen LogP contribution in [0.25, 0.3) is 0 Å². The highest BCUT2D eigenvalue weighted by atomic mass is 16.2. The van der Waals surface area contributed by atoms with Gasteiger partial charge in [0, 0.05) is 37.1 Å². The Labute approximate surface area is 145 Å². The van der Waals surface area contributed by atoms with Gasteiger partial charge in [0.2, 0.25) is 0 Å². The van der Waals surface area contributed by atoms with Crippen molar-refractivity contribution in [2.45, 2.75) is 45.1 Å². The molecule has 0 saturated carbocycles. The normalized spacial score (nSPS) is 22.2. The fourth-order valence-corrected chi connectivity index (χ4v) is 3.75. The summed E-state index contributed by atoms with van der Waals surface area (Å²) in [5.41, 5.74) is 2.08. The van der Waals surface area contributed by atoms with Crippen molar-refractivity contribution in [2.24, 2.45) is 0 Å². The molecule has 1 aromatic rings. The molecular formula is C19H30N4O. The largest absolute Gasteiger partial charge is 0.371 e. The van der Waals surface area contributed by atoms with Crippen molar-refractivity contribution in [1.29, 1.82) is 0 Å². The van der Waals surface area contributed by atoms with Gasteiger partial charge in [-0.2, -0.15) is 0 Å². The van der Waals surface area contributed by atoms with E-state index < -0.39 is 0 Å². The van der Waals surface area contributed by atoms with Crippen LogP contribution in [-0.2, 0) is 0 Å². The molecule has 2 aliphatic heterocycles. The van der Waals surface area contributed by atoms with Crippen molar-refractivity contribution in [3.05, 3.63) is 24.3 Å². The maximum absolute atomic E-state index is 12.3. The van der Waals surface area contributed by atoms with E-state index in [2.05, 4.69) is 39.5 Å². The third-order valence-electron chi connectivity index (χ3n) is 5.11. The van der Waals surface area contributed by atoms with Gasteiger partial charge in [-0.25, -0.2) is 4.79 Å². The minimum Gasteiger partial charge on any atom is -0.371 e. The first kappa shape index (κ1) is 17.1. The Morgan fingerprint density at radius 3 is 2.79 bits per heavy atom. The Kier molecular flexibility index (Phi) is 5.96. The van der Waals surface area contributed by atoms with Crippen LogP contribution in [0.3, 0.4) is 0 Å². The van der Waals surface area contributed by atoms with Crippen LogP contribution < -0.4 is 15.5 Å². The number of anilines is 2. The fourth-order valence-electron chi connectivity index (χ4n) is 3.75. The zero-order valence-electron chi connectivity index (χ0n) is 14.8. The predicted molar refractivity (Wildman–Crippen MR) is 99.8 cm³/mol. The molecule has 132 valence electrons. The van der Waals surface area contributed by atoms with Crippen molar-refractivity contribution in [2.75, 3.05) is 42.9 Å². The van der Waals surface area contributed by atoms with E-state index in [1.54, 1.807) is 0 Å². The summed E-state index contributed by atoms with van der Waals surface area (Å²) >= 11 is 0. The summed E-state index contributed by atoms with van der Waals surface area (Å²) < 4.78 is 0. The van der Waals surface area contributed by atoms with Gasteiger partial charge in [-0.05, 0) is 63.4 Å². The lowest BCUT2D eigenvalue weighted by Gasteiger charge is -2.32. The van der Waals surface area contributed by atoms with Gasteiger partial charge in [0.05, 0.1) is 0 Å². The van der Waals surface area contributed by atoms with E-state index in [0.717, 1.165) is 51.3 Å². The first-order valence-electron chi connectivity index (χ1n) is 9.39. The number of likely N-dealkylation sites (N-methyl/N-ethyl adjacent to an activating group) is 1. The molecule has 2 amide bonds. The van der Waals surface area contributed by atoms with E-state index >= 15 is 0 Å². The second kappa shape index (κ2) is 8.38. The monoisotopic (exact) mass is 330 g/mol. The third kappa shape index (κ3) is 4.63. The lowest BCUT2D eigenvalue weighted by atomic mass is 10.1. The van der Waals surface area contributed by atoms with Crippen LogP contribution in [-0.4, -0.2) is 49.7 Å². The third-order valence-corrected chi connectivity index (χ3v) is 5.11.